The van der Waals surface area contributed by atoms with E-state index in [0.717, 1.165) is 50.4 Å². The fraction of sp³-hybridized carbons (Fsp3) is 0.450. The molecule has 0 unspecified atom stereocenters. The summed E-state index contributed by atoms with van der Waals surface area (Å²) in [6, 6.07) is 10.4. The minimum Gasteiger partial charge on any atom is -0.478 e. The molecule has 2 aliphatic rings. The quantitative estimate of drug-likeness (QED) is 0.900. The first-order chi connectivity index (χ1) is 13.2. The zero-order valence-electron chi connectivity index (χ0n) is 15.6. The molecule has 0 radical (unpaired) electrons. The number of urea groups is 1. The maximum Gasteiger partial charge on any atom is 0.324 e. The highest BCUT2D eigenvalue weighted by Crippen LogP contribution is 2.29. The van der Waals surface area contributed by atoms with Crippen LogP contribution in [-0.2, 0) is 6.42 Å². The smallest absolute Gasteiger partial charge is 0.324 e. The van der Waals surface area contributed by atoms with E-state index < -0.39 is 0 Å². The average molecular weight is 367 g/mol. The van der Waals surface area contributed by atoms with Gasteiger partial charge in [-0.2, -0.15) is 0 Å². The topological polar surface area (TPSA) is 70.6 Å². The van der Waals surface area contributed by atoms with Crippen molar-refractivity contribution in [3.63, 3.8) is 0 Å². The van der Waals surface area contributed by atoms with Gasteiger partial charge >= 0.3 is 6.03 Å². The number of rotatable bonds is 4. The Balaban J connectivity index is 1.33. The van der Waals surface area contributed by atoms with Gasteiger partial charge in [0, 0.05) is 37.4 Å². The number of benzene rings is 1. The lowest BCUT2D eigenvalue weighted by molar-refractivity contribution is 0.190. The van der Waals surface area contributed by atoms with Crippen LogP contribution in [0.4, 0.5) is 16.3 Å². The molecular weight excluding hydrogens is 342 g/mol. The second kappa shape index (κ2) is 7.82. The summed E-state index contributed by atoms with van der Waals surface area (Å²) in [4.78, 5) is 25.2. The fourth-order valence-corrected chi connectivity index (χ4v) is 3.78. The lowest BCUT2D eigenvalue weighted by Crippen LogP contribution is -2.48. The van der Waals surface area contributed by atoms with Gasteiger partial charge in [-0.3, -0.25) is 4.90 Å². The van der Waals surface area contributed by atoms with Gasteiger partial charge in [0.1, 0.15) is 12.1 Å². The summed E-state index contributed by atoms with van der Waals surface area (Å²) >= 11 is 0. The van der Waals surface area contributed by atoms with Crippen LogP contribution in [-0.4, -0.2) is 53.2 Å². The molecule has 7 nitrogen and oxygen atoms in total. The van der Waals surface area contributed by atoms with E-state index in [4.69, 9.17) is 4.74 Å². The summed E-state index contributed by atoms with van der Waals surface area (Å²) in [7, 11) is 0. The number of para-hydroxylation sites is 1. The molecule has 1 fully saturated rings. The molecular formula is C20H25N5O2. The van der Waals surface area contributed by atoms with Crippen molar-refractivity contribution in [1.82, 2.24) is 14.9 Å². The highest BCUT2D eigenvalue weighted by atomic mass is 16.5. The van der Waals surface area contributed by atoms with Crippen LogP contribution in [0.1, 0.15) is 25.3 Å². The van der Waals surface area contributed by atoms with Gasteiger partial charge in [-0.15, -0.1) is 0 Å². The zero-order chi connectivity index (χ0) is 18.6. The van der Waals surface area contributed by atoms with Gasteiger partial charge in [-0.1, -0.05) is 18.2 Å². The van der Waals surface area contributed by atoms with Crippen molar-refractivity contribution < 1.29 is 9.53 Å². The highest BCUT2D eigenvalue weighted by molar-refractivity contribution is 5.94. The summed E-state index contributed by atoms with van der Waals surface area (Å²) < 4.78 is 5.42. The van der Waals surface area contributed by atoms with Crippen molar-refractivity contribution in [2.45, 2.75) is 32.2 Å². The molecule has 1 aromatic heterocycles. The molecule has 4 rings (SSSR count). The van der Waals surface area contributed by atoms with Crippen molar-refractivity contribution >= 4 is 17.5 Å². The molecule has 1 N–H and O–H groups in total. The van der Waals surface area contributed by atoms with Gasteiger partial charge in [-0.25, -0.2) is 14.8 Å². The number of fused-ring (bicyclic) bond motifs is 1. The standard InChI is InChI=1S/C20H25N5O2/c1-2-27-19-13-18(21-14-22-19)23-16-8-10-24(11-9-16)20(26)25-12-7-15-5-3-4-6-17(15)25/h3-6,13-14,16H,2,7-12H2,1H3,(H,21,22,23). The van der Waals surface area contributed by atoms with E-state index in [2.05, 4.69) is 21.4 Å². The number of nitrogens with zero attached hydrogens (tertiary/aromatic N) is 4. The van der Waals surface area contributed by atoms with Crippen LogP contribution in [0.2, 0.25) is 0 Å². The number of anilines is 2. The van der Waals surface area contributed by atoms with Crippen molar-refractivity contribution in [1.29, 1.82) is 0 Å². The van der Waals surface area contributed by atoms with E-state index in [0.29, 0.717) is 18.5 Å². The van der Waals surface area contributed by atoms with Gasteiger partial charge in [0.05, 0.1) is 6.61 Å². The molecule has 27 heavy (non-hydrogen) atoms. The molecule has 1 aromatic carbocycles. The van der Waals surface area contributed by atoms with Gasteiger partial charge in [0.15, 0.2) is 0 Å². The zero-order valence-corrected chi connectivity index (χ0v) is 15.6. The molecule has 1 saturated heterocycles. The maximum absolute atomic E-state index is 12.9. The highest BCUT2D eigenvalue weighted by Gasteiger charge is 2.30. The van der Waals surface area contributed by atoms with E-state index in [-0.39, 0.29) is 6.03 Å². The number of hydrogen-bond acceptors (Lipinski definition) is 5. The maximum atomic E-state index is 12.9. The summed E-state index contributed by atoms with van der Waals surface area (Å²) in [5.41, 5.74) is 2.32. The molecule has 7 heteroatoms. The van der Waals surface area contributed by atoms with Crippen molar-refractivity contribution in [2.24, 2.45) is 0 Å². The van der Waals surface area contributed by atoms with E-state index >= 15 is 0 Å². The van der Waals surface area contributed by atoms with Crippen LogP contribution >= 0.6 is 0 Å². The Morgan fingerprint density at radius 1 is 1.22 bits per heavy atom. The Hall–Kier alpha value is -2.83. The van der Waals surface area contributed by atoms with Crippen LogP contribution in [0.25, 0.3) is 0 Å². The minimum atomic E-state index is 0.124. The Morgan fingerprint density at radius 2 is 2.04 bits per heavy atom. The van der Waals surface area contributed by atoms with Crippen molar-refractivity contribution in [2.75, 3.05) is 36.5 Å². The summed E-state index contributed by atoms with van der Waals surface area (Å²) in [6.45, 7) is 4.78. The van der Waals surface area contributed by atoms with Crippen LogP contribution in [0.3, 0.4) is 0 Å². The third-order valence-electron chi connectivity index (χ3n) is 5.17. The molecule has 142 valence electrons. The average Bonchev–Trinajstić information content (AvgIpc) is 3.13. The van der Waals surface area contributed by atoms with Crippen LogP contribution < -0.4 is 15.0 Å². The third kappa shape index (κ3) is 3.82. The van der Waals surface area contributed by atoms with Gasteiger partial charge in [0.2, 0.25) is 5.88 Å². The second-order valence-electron chi connectivity index (χ2n) is 6.89. The molecule has 2 aliphatic heterocycles. The largest absolute Gasteiger partial charge is 0.478 e. The molecule has 0 aliphatic carbocycles. The van der Waals surface area contributed by atoms with Crippen LogP contribution in [0.15, 0.2) is 36.7 Å². The first kappa shape index (κ1) is 17.6. The number of aromatic nitrogens is 2. The predicted molar refractivity (Wildman–Crippen MR) is 104 cm³/mol. The molecule has 0 spiro atoms. The minimum absolute atomic E-state index is 0.124. The monoisotopic (exact) mass is 367 g/mol. The Morgan fingerprint density at radius 3 is 2.85 bits per heavy atom. The molecule has 0 saturated carbocycles. The number of piperidine rings is 1. The number of carbonyl (C=O) groups is 1. The SMILES string of the molecule is CCOc1cc(NC2CCN(C(=O)N3CCc4ccccc43)CC2)ncn1. The van der Waals surface area contributed by atoms with E-state index in [1.54, 1.807) is 0 Å². The number of hydrogen-bond donors (Lipinski definition) is 1. The van der Waals surface area contributed by atoms with Crippen LogP contribution in [0.5, 0.6) is 5.88 Å². The number of carbonyl (C=O) groups excluding carboxylic acids is 1. The van der Waals surface area contributed by atoms with Gasteiger partial charge in [0.25, 0.3) is 0 Å². The summed E-state index contributed by atoms with van der Waals surface area (Å²) in [6.07, 6.45) is 4.25. The first-order valence-corrected chi connectivity index (χ1v) is 9.60. The second-order valence-corrected chi connectivity index (χ2v) is 6.89. The summed E-state index contributed by atoms with van der Waals surface area (Å²) in [5, 5.41) is 3.44. The Kier molecular flexibility index (Phi) is 5.09. The predicted octanol–water partition coefficient (Wildman–Crippen LogP) is 2.93. The van der Waals surface area contributed by atoms with Gasteiger partial charge < -0.3 is 15.0 Å². The lowest BCUT2D eigenvalue weighted by atomic mass is 10.1. The lowest BCUT2D eigenvalue weighted by Gasteiger charge is -2.35. The van der Waals surface area contributed by atoms with E-state index in [1.807, 2.05) is 41.0 Å². The van der Waals surface area contributed by atoms with E-state index in [9.17, 15) is 4.79 Å². The first-order valence-electron chi connectivity index (χ1n) is 9.60. The van der Waals surface area contributed by atoms with Crippen LogP contribution in [0, 0.1) is 0 Å². The molecule has 3 heterocycles. The Labute approximate surface area is 159 Å². The molecule has 2 aromatic rings. The molecule has 0 atom stereocenters. The van der Waals surface area contributed by atoms with Crippen molar-refractivity contribution in [3.05, 3.63) is 42.2 Å². The normalized spacial score (nSPS) is 16.9. The Bertz CT molecular complexity index is 804. The summed E-state index contributed by atoms with van der Waals surface area (Å²) in [5.74, 6) is 1.35. The third-order valence-corrected chi connectivity index (χ3v) is 5.17. The molecule has 2 amide bonds. The number of likely N-dealkylation sites (tertiary alicyclic amines) is 1. The number of amides is 2. The van der Waals surface area contributed by atoms with Crippen molar-refractivity contribution in [3.8, 4) is 5.88 Å². The van der Waals surface area contributed by atoms with Gasteiger partial charge in [-0.05, 0) is 37.8 Å². The van der Waals surface area contributed by atoms with E-state index in [1.165, 1.54) is 11.9 Å². The fourth-order valence-electron chi connectivity index (χ4n) is 3.78. The molecule has 0 bridgehead atoms. The number of nitrogens with one attached hydrogen (secondary N) is 1. The number of ether oxygens (including phenoxy) is 1.